The molecule has 1 aromatic rings. The Labute approximate surface area is 118 Å². The number of ether oxygens (including phenoxy) is 1. The van der Waals surface area contributed by atoms with Crippen LogP contribution in [0.4, 0.5) is 4.39 Å². The van der Waals surface area contributed by atoms with Crippen molar-refractivity contribution in [1.29, 1.82) is 0 Å². The molecular formula is C16H20FNO2. The molecule has 3 nitrogen and oxygen atoms in total. The summed E-state index contributed by atoms with van der Waals surface area (Å²) in [6, 6.07) is 6.53. The van der Waals surface area contributed by atoms with Crippen LogP contribution in [0.25, 0.3) is 0 Å². The summed E-state index contributed by atoms with van der Waals surface area (Å²) < 4.78 is 18.8. The van der Waals surface area contributed by atoms with Gasteiger partial charge >= 0.3 is 0 Å². The summed E-state index contributed by atoms with van der Waals surface area (Å²) in [6.45, 7) is 2.79. The van der Waals surface area contributed by atoms with Crippen LogP contribution in [-0.4, -0.2) is 25.2 Å². The topological polar surface area (TPSA) is 38.3 Å². The van der Waals surface area contributed by atoms with Gasteiger partial charge in [0.1, 0.15) is 5.82 Å². The minimum absolute atomic E-state index is 0.0177. The zero-order chi connectivity index (χ0) is 14.4. The van der Waals surface area contributed by atoms with E-state index in [1.165, 1.54) is 12.1 Å². The molecule has 0 bridgehead atoms. The quantitative estimate of drug-likeness (QED) is 0.920. The number of likely N-dealkylation sites (N-methyl/N-ethyl adjacent to an activating group) is 1. The van der Waals surface area contributed by atoms with Crippen LogP contribution in [0.15, 0.2) is 24.3 Å². The van der Waals surface area contributed by atoms with Crippen LogP contribution < -0.4 is 5.32 Å². The molecule has 20 heavy (non-hydrogen) atoms. The number of fused-ring (bicyclic) bond motifs is 1. The monoisotopic (exact) mass is 277 g/mol. The molecule has 0 radical (unpaired) electrons. The molecule has 1 saturated heterocycles. The van der Waals surface area contributed by atoms with E-state index in [1.54, 1.807) is 19.2 Å². The lowest BCUT2D eigenvalue weighted by atomic mass is 9.66. The summed E-state index contributed by atoms with van der Waals surface area (Å²) in [5.74, 6) is -0.0894. The van der Waals surface area contributed by atoms with E-state index in [0.29, 0.717) is 6.61 Å². The second-order valence-corrected chi connectivity index (χ2v) is 6.23. The van der Waals surface area contributed by atoms with E-state index in [-0.39, 0.29) is 23.1 Å². The van der Waals surface area contributed by atoms with E-state index in [0.717, 1.165) is 24.8 Å². The molecule has 1 aliphatic heterocycles. The first-order valence-electron chi connectivity index (χ1n) is 7.12. The largest absolute Gasteiger partial charge is 0.363 e. The van der Waals surface area contributed by atoms with E-state index in [1.807, 2.05) is 0 Å². The van der Waals surface area contributed by atoms with Gasteiger partial charge in [-0.2, -0.15) is 0 Å². The molecule has 3 atom stereocenters. The molecular weight excluding hydrogens is 257 g/mol. The van der Waals surface area contributed by atoms with Gasteiger partial charge in [0.15, 0.2) is 5.60 Å². The third kappa shape index (κ3) is 1.71. The fourth-order valence-corrected chi connectivity index (χ4v) is 3.90. The zero-order valence-electron chi connectivity index (χ0n) is 11.9. The maximum atomic E-state index is 13.0. The Kier molecular flexibility index (Phi) is 3.09. The molecule has 4 heteroatoms. The van der Waals surface area contributed by atoms with E-state index in [9.17, 15) is 9.18 Å². The second kappa shape index (κ2) is 4.55. The Hall–Kier alpha value is -1.42. The summed E-state index contributed by atoms with van der Waals surface area (Å²) >= 11 is 0. The van der Waals surface area contributed by atoms with Gasteiger partial charge in [0.05, 0.1) is 6.61 Å². The highest BCUT2D eigenvalue weighted by Gasteiger charge is 2.69. The molecule has 0 aromatic heterocycles. The van der Waals surface area contributed by atoms with E-state index >= 15 is 0 Å². The van der Waals surface area contributed by atoms with Crippen molar-refractivity contribution in [2.24, 2.45) is 11.3 Å². The first-order chi connectivity index (χ1) is 9.52. The number of benzene rings is 1. The normalized spacial score (nSPS) is 35.2. The molecule has 1 aliphatic carbocycles. The Balaban J connectivity index is 1.86. The van der Waals surface area contributed by atoms with Crippen LogP contribution in [0.3, 0.4) is 0 Å². The average Bonchev–Trinajstić information content (AvgIpc) is 2.62. The average molecular weight is 277 g/mol. The number of carbonyl (C=O) groups is 1. The fourth-order valence-electron chi connectivity index (χ4n) is 3.90. The smallest absolute Gasteiger partial charge is 0.252 e. The Bertz CT molecular complexity index is 530. The molecule has 3 unspecified atom stereocenters. The zero-order valence-corrected chi connectivity index (χ0v) is 11.9. The maximum Gasteiger partial charge on any atom is 0.252 e. The highest BCUT2D eigenvalue weighted by molar-refractivity contribution is 5.88. The van der Waals surface area contributed by atoms with Crippen molar-refractivity contribution < 1.29 is 13.9 Å². The SMILES string of the molecule is CNC(=O)C12OCC1(C)CCC2Cc1ccc(F)cc1. The predicted octanol–water partition coefficient (Wildman–Crippen LogP) is 2.30. The van der Waals surface area contributed by atoms with Crippen molar-refractivity contribution in [3.63, 3.8) is 0 Å². The van der Waals surface area contributed by atoms with Gasteiger partial charge < -0.3 is 10.1 Å². The van der Waals surface area contributed by atoms with Gasteiger partial charge in [-0.1, -0.05) is 19.1 Å². The molecule has 1 aromatic carbocycles. The van der Waals surface area contributed by atoms with Crippen molar-refractivity contribution in [3.8, 4) is 0 Å². The van der Waals surface area contributed by atoms with Crippen molar-refractivity contribution >= 4 is 5.91 Å². The van der Waals surface area contributed by atoms with Crippen LogP contribution in [0, 0.1) is 17.2 Å². The molecule has 1 heterocycles. The van der Waals surface area contributed by atoms with Crippen molar-refractivity contribution in [3.05, 3.63) is 35.6 Å². The van der Waals surface area contributed by atoms with Gasteiger partial charge in [0.25, 0.3) is 5.91 Å². The van der Waals surface area contributed by atoms with Crippen LogP contribution >= 0.6 is 0 Å². The summed E-state index contributed by atoms with van der Waals surface area (Å²) in [6.07, 6.45) is 2.73. The first-order valence-corrected chi connectivity index (χ1v) is 7.12. The summed E-state index contributed by atoms with van der Waals surface area (Å²) in [5, 5.41) is 2.76. The molecule has 2 fully saturated rings. The van der Waals surface area contributed by atoms with Gasteiger partial charge in [-0.05, 0) is 37.0 Å². The lowest BCUT2D eigenvalue weighted by molar-refractivity contribution is -0.249. The second-order valence-electron chi connectivity index (χ2n) is 6.23. The minimum atomic E-state index is -0.698. The molecule has 2 aliphatic rings. The van der Waals surface area contributed by atoms with E-state index in [2.05, 4.69) is 12.2 Å². The van der Waals surface area contributed by atoms with Gasteiger partial charge in [0.2, 0.25) is 0 Å². The van der Waals surface area contributed by atoms with Crippen LogP contribution in [0.1, 0.15) is 25.3 Å². The Morgan fingerprint density at radius 2 is 2.15 bits per heavy atom. The van der Waals surface area contributed by atoms with E-state index in [4.69, 9.17) is 4.74 Å². The maximum absolute atomic E-state index is 13.0. The molecule has 1 amide bonds. The lowest BCUT2D eigenvalue weighted by Crippen LogP contribution is -2.68. The number of hydrogen-bond donors (Lipinski definition) is 1. The third-order valence-corrected chi connectivity index (χ3v) is 5.09. The number of amides is 1. The lowest BCUT2D eigenvalue weighted by Gasteiger charge is -2.54. The van der Waals surface area contributed by atoms with E-state index < -0.39 is 5.60 Å². The van der Waals surface area contributed by atoms with Crippen molar-refractivity contribution in [1.82, 2.24) is 5.32 Å². The molecule has 1 N–H and O–H groups in total. The van der Waals surface area contributed by atoms with Gasteiger partial charge in [0, 0.05) is 18.4 Å². The third-order valence-electron chi connectivity index (χ3n) is 5.09. The number of carbonyl (C=O) groups excluding carboxylic acids is 1. The molecule has 1 saturated carbocycles. The highest BCUT2D eigenvalue weighted by Crippen LogP contribution is 2.60. The summed E-state index contributed by atoms with van der Waals surface area (Å²) in [5.41, 5.74) is 0.299. The first kappa shape index (κ1) is 13.6. The molecule has 0 spiro atoms. The Morgan fingerprint density at radius 1 is 1.45 bits per heavy atom. The number of rotatable bonds is 3. The highest BCUT2D eigenvalue weighted by atomic mass is 19.1. The molecule has 3 rings (SSSR count). The predicted molar refractivity (Wildman–Crippen MR) is 73.7 cm³/mol. The number of hydrogen-bond acceptors (Lipinski definition) is 2. The van der Waals surface area contributed by atoms with Crippen LogP contribution in [0.5, 0.6) is 0 Å². The van der Waals surface area contributed by atoms with Gasteiger partial charge in [-0.15, -0.1) is 0 Å². The number of halogens is 1. The standard InChI is InChI=1S/C16H20FNO2/c1-15-8-7-12(9-11-3-5-13(17)6-4-11)16(15,20-10-15)14(19)18-2/h3-6,12H,7-10H2,1-2H3,(H,18,19). The number of nitrogens with one attached hydrogen (secondary N) is 1. The minimum Gasteiger partial charge on any atom is -0.363 e. The summed E-state index contributed by atoms with van der Waals surface area (Å²) in [7, 11) is 1.66. The molecule has 108 valence electrons. The van der Waals surface area contributed by atoms with Crippen molar-refractivity contribution in [2.75, 3.05) is 13.7 Å². The van der Waals surface area contributed by atoms with Gasteiger partial charge in [-0.3, -0.25) is 4.79 Å². The van der Waals surface area contributed by atoms with Gasteiger partial charge in [-0.25, -0.2) is 4.39 Å². The summed E-state index contributed by atoms with van der Waals surface area (Å²) in [4.78, 5) is 12.4. The fraction of sp³-hybridized carbons (Fsp3) is 0.562. The van der Waals surface area contributed by atoms with Crippen LogP contribution in [0.2, 0.25) is 0 Å². The van der Waals surface area contributed by atoms with Crippen molar-refractivity contribution in [2.45, 2.75) is 31.8 Å². The Morgan fingerprint density at radius 3 is 2.70 bits per heavy atom. The van der Waals surface area contributed by atoms with Crippen LogP contribution in [-0.2, 0) is 16.0 Å².